The Morgan fingerprint density at radius 1 is 1.22 bits per heavy atom. The summed E-state index contributed by atoms with van der Waals surface area (Å²) in [6, 6.07) is 6.23. The van der Waals surface area contributed by atoms with Gasteiger partial charge in [-0.3, -0.25) is 4.79 Å². The summed E-state index contributed by atoms with van der Waals surface area (Å²) in [5.74, 6) is -4.59. The highest BCUT2D eigenvalue weighted by Crippen LogP contribution is 2.26. The minimum atomic E-state index is -3.39. The van der Waals surface area contributed by atoms with Crippen LogP contribution in [0.2, 0.25) is 0 Å². The predicted molar refractivity (Wildman–Crippen MR) is 69.8 cm³/mol. The molecule has 0 aromatic heterocycles. The molecule has 1 nitrogen and oxygen atoms in total. The van der Waals surface area contributed by atoms with Crippen molar-refractivity contribution in [1.82, 2.24) is 0 Å². The van der Waals surface area contributed by atoms with Crippen molar-refractivity contribution in [3.05, 3.63) is 66.8 Å². The van der Waals surface area contributed by atoms with E-state index in [9.17, 15) is 13.6 Å². The third-order valence-electron chi connectivity index (χ3n) is 2.40. The molecular formula is C15H14F2O. The van der Waals surface area contributed by atoms with Crippen LogP contribution in [-0.4, -0.2) is 11.7 Å². The van der Waals surface area contributed by atoms with E-state index >= 15 is 0 Å². The summed E-state index contributed by atoms with van der Waals surface area (Å²) in [5, 5.41) is 0. The van der Waals surface area contributed by atoms with Gasteiger partial charge in [-0.2, -0.15) is 8.78 Å². The molecule has 3 heteroatoms. The van der Waals surface area contributed by atoms with Crippen molar-refractivity contribution in [2.24, 2.45) is 0 Å². The van der Waals surface area contributed by atoms with E-state index in [-0.39, 0.29) is 5.56 Å². The van der Waals surface area contributed by atoms with E-state index in [1.54, 1.807) is 24.3 Å². The average molecular weight is 248 g/mol. The number of rotatable bonds is 5. The summed E-state index contributed by atoms with van der Waals surface area (Å²) in [5.41, 5.74) is 0.995. The van der Waals surface area contributed by atoms with Gasteiger partial charge in [0.1, 0.15) is 0 Å². The van der Waals surface area contributed by atoms with Crippen molar-refractivity contribution in [1.29, 1.82) is 0 Å². The van der Waals surface area contributed by atoms with E-state index in [0.717, 1.165) is 0 Å². The Balaban J connectivity index is 3.40. The average Bonchev–Trinajstić information content (AvgIpc) is 2.34. The van der Waals surface area contributed by atoms with Gasteiger partial charge in [-0.25, -0.2) is 0 Å². The van der Waals surface area contributed by atoms with Crippen LogP contribution in [0.5, 0.6) is 0 Å². The molecule has 1 aromatic rings. The van der Waals surface area contributed by atoms with Gasteiger partial charge >= 0.3 is 5.92 Å². The maximum atomic E-state index is 13.1. The van der Waals surface area contributed by atoms with E-state index in [2.05, 4.69) is 13.2 Å². The van der Waals surface area contributed by atoms with Crippen LogP contribution in [-0.2, 0) is 0 Å². The van der Waals surface area contributed by atoms with Crippen LogP contribution in [0.15, 0.2) is 55.7 Å². The summed E-state index contributed by atoms with van der Waals surface area (Å²) in [4.78, 5) is 11.7. The Labute approximate surface area is 105 Å². The summed E-state index contributed by atoms with van der Waals surface area (Å²) in [6.45, 7) is 7.74. The van der Waals surface area contributed by atoms with Gasteiger partial charge < -0.3 is 0 Å². The van der Waals surface area contributed by atoms with Crippen LogP contribution >= 0.6 is 0 Å². The standard InChI is InChI=1S/C15H14F2O/c1-4-8-11(5-2)12-9-6-7-10-13(12)14(18)15(3,16)17/h4-10H,1-2H2,3H3/b11-8+. The number of Topliss-reactive ketones (excluding diaryl/α,β-unsaturated/α-hetero) is 1. The highest BCUT2D eigenvalue weighted by Gasteiger charge is 2.34. The Bertz CT molecular complexity index is 507. The van der Waals surface area contributed by atoms with Crippen molar-refractivity contribution < 1.29 is 13.6 Å². The molecule has 0 atom stereocenters. The summed E-state index contributed by atoms with van der Waals surface area (Å²) in [7, 11) is 0. The fraction of sp³-hybridized carbons (Fsp3) is 0.133. The van der Waals surface area contributed by atoms with E-state index in [1.807, 2.05) is 0 Å². The minimum absolute atomic E-state index is 0.0157. The van der Waals surface area contributed by atoms with Crippen LogP contribution in [0.4, 0.5) is 8.78 Å². The quantitative estimate of drug-likeness (QED) is 0.561. The van der Waals surface area contributed by atoms with E-state index in [0.29, 0.717) is 18.1 Å². The Hall–Kier alpha value is -2.03. The summed E-state index contributed by atoms with van der Waals surface area (Å²) >= 11 is 0. The lowest BCUT2D eigenvalue weighted by Crippen LogP contribution is -2.25. The summed E-state index contributed by atoms with van der Waals surface area (Å²) in [6.07, 6.45) is 4.64. The predicted octanol–water partition coefficient (Wildman–Crippen LogP) is 4.28. The number of hydrogen-bond donors (Lipinski definition) is 0. The number of benzene rings is 1. The number of carbonyl (C=O) groups excluding carboxylic acids is 1. The Kier molecular flexibility index (Phi) is 4.32. The fourth-order valence-electron chi connectivity index (χ4n) is 1.56. The van der Waals surface area contributed by atoms with E-state index in [4.69, 9.17) is 0 Å². The van der Waals surface area contributed by atoms with Crippen molar-refractivity contribution >= 4 is 11.4 Å². The van der Waals surface area contributed by atoms with Crippen LogP contribution in [0.3, 0.4) is 0 Å². The third-order valence-corrected chi connectivity index (χ3v) is 2.40. The molecule has 0 saturated carbocycles. The first-order chi connectivity index (χ1) is 8.41. The smallest absolute Gasteiger partial charge is 0.287 e. The molecule has 1 aromatic carbocycles. The van der Waals surface area contributed by atoms with Gasteiger partial charge in [0.25, 0.3) is 0 Å². The maximum absolute atomic E-state index is 13.1. The van der Waals surface area contributed by atoms with Gasteiger partial charge in [-0.15, -0.1) is 0 Å². The lowest BCUT2D eigenvalue weighted by atomic mass is 9.94. The molecule has 0 heterocycles. The van der Waals surface area contributed by atoms with Crippen LogP contribution in [0.25, 0.3) is 5.57 Å². The molecule has 0 spiro atoms. The normalized spacial score (nSPS) is 12.1. The Morgan fingerprint density at radius 2 is 1.78 bits per heavy atom. The molecule has 0 aliphatic heterocycles. The van der Waals surface area contributed by atoms with Gasteiger partial charge in [-0.1, -0.05) is 55.7 Å². The third kappa shape index (κ3) is 3.00. The topological polar surface area (TPSA) is 17.1 Å². The first-order valence-corrected chi connectivity index (χ1v) is 5.39. The zero-order chi connectivity index (χ0) is 13.8. The van der Waals surface area contributed by atoms with Crippen LogP contribution in [0, 0.1) is 0 Å². The molecular weight excluding hydrogens is 234 g/mol. The lowest BCUT2D eigenvalue weighted by molar-refractivity contribution is 0.0221. The zero-order valence-corrected chi connectivity index (χ0v) is 10.1. The molecule has 1 rings (SSSR count). The van der Waals surface area contributed by atoms with Crippen molar-refractivity contribution in [3.8, 4) is 0 Å². The highest BCUT2D eigenvalue weighted by atomic mass is 19.3. The molecule has 0 fully saturated rings. The van der Waals surface area contributed by atoms with Crippen LogP contribution in [0.1, 0.15) is 22.8 Å². The second-order valence-corrected chi connectivity index (χ2v) is 3.82. The number of allylic oxidation sites excluding steroid dienone is 4. The second kappa shape index (κ2) is 5.54. The number of halogens is 2. The molecule has 94 valence electrons. The van der Waals surface area contributed by atoms with Gasteiger partial charge in [-0.05, 0) is 11.1 Å². The van der Waals surface area contributed by atoms with Gasteiger partial charge in [0, 0.05) is 12.5 Å². The molecule has 0 amide bonds. The number of alkyl halides is 2. The highest BCUT2D eigenvalue weighted by molar-refractivity contribution is 6.05. The summed E-state index contributed by atoms with van der Waals surface area (Å²) < 4.78 is 26.2. The number of carbonyl (C=O) groups is 1. The molecule has 0 saturated heterocycles. The molecule has 18 heavy (non-hydrogen) atoms. The molecule has 0 bridgehead atoms. The van der Waals surface area contributed by atoms with Crippen LogP contribution < -0.4 is 0 Å². The van der Waals surface area contributed by atoms with E-state index < -0.39 is 11.7 Å². The maximum Gasteiger partial charge on any atom is 0.307 e. The van der Waals surface area contributed by atoms with Gasteiger partial charge in [0.05, 0.1) is 0 Å². The first kappa shape index (κ1) is 14.0. The molecule has 0 aliphatic carbocycles. The van der Waals surface area contributed by atoms with Gasteiger partial charge in [0.2, 0.25) is 5.78 Å². The lowest BCUT2D eigenvalue weighted by Gasteiger charge is -2.13. The fourth-order valence-corrected chi connectivity index (χ4v) is 1.56. The number of hydrogen-bond acceptors (Lipinski definition) is 1. The van der Waals surface area contributed by atoms with E-state index in [1.165, 1.54) is 18.2 Å². The molecule has 0 aliphatic rings. The molecule has 0 N–H and O–H groups in total. The second-order valence-electron chi connectivity index (χ2n) is 3.82. The SMILES string of the molecule is C=C/C=C(\C=C)c1ccccc1C(=O)C(C)(F)F. The van der Waals surface area contributed by atoms with Gasteiger partial charge in [0.15, 0.2) is 0 Å². The molecule has 0 unspecified atom stereocenters. The number of ketones is 1. The Morgan fingerprint density at radius 3 is 2.22 bits per heavy atom. The largest absolute Gasteiger partial charge is 0.307 e. The van der Waals surface area contributed by atoms with Crippen molar-refractivity contribution in [2.45, 2.75) is 12.8 Å². The minimum Gasteiger partial charge on any atom is -0.287 e. The monoisotopic (exact) mass is 248 g/mol. The zero-order valence-electron chi connectivity index (χ0n) is 10.1. The first-order valence-electron chi connectivity index (χ1n) is 5.39. The van der Waals surface area contributed by atoms with Crippen molar-refractivity contribution in [3.63, 3.8) is 0 Å². The molecule has 0 radical (unpaired) electrons. The van der Waals surface area contributed by atoms with Crippen molar-refractivity contribution in [2.75, 3.05) is 0 Å².